The Balaban J connectivity index is 0.936. The van der Waals surface area contributed by atoms with Crippen LogP contribution < -0.4 is 4.90 Å². The summed E-state index contributed by atoms with van der Waals surface area (Å²) < 4.78 is 8.74. The number of furan rings is 1. The molecule has 0 amide bonds. The summed E-state index contributed by atoms with van der Waals surface area (Å²) in [5.74, 6) is 0. The minimum atomic E-state index is -0.128. The third kappa shape index (κ3) is 5.90. The molecule has 0 fully saturated rings. The van der Waals surface area contributed by atoms with Crippen LogP contribution in [0.3, 0.4) is 0 Å². The molecular formula is C63H44N2O. The second-order valence-electron chi connectivity index (χ2n) is 18.1. The lowest BCUT2D eigenvalue weighted by Crippen LogP contribution is -2.16. The van der Waals surface area contributed by atoms with Gasteiger partial charge in [0.25, 0.3) is 0 Å². The monoisotopic (exact) mass is 844 g/mol. The van der Waals surface area contributed by atoms with Gasteiger partial charge in [0.2, 0.25) is 0 Å². The predicted molar refractivity (Wildman–Crippen MR) is 277 cm³/mol. The molecule has 1 aliphatic carbocycles. The van der Waals surface area contributed by atoms with Crippen molar-refractivity contribution in [2.45, 2.75) is 19.3 Å². The molecule has 10 aromatic carbocycles. The molecule has 66 heavy (non-hydrogen) atoms. The highest BCUT2D eigenvalue weighted by Gasteiger charge is 2.37. The number of hydrogen-bond acceptors (Lipinski definition) is 2. The van der Waals surface area contributed by atoms with Crippen LogP contribution in [-0.2, 0) is 5.41 Å². The van der Waals surface area contributed by atoms with Gasteiger partial charge in [-0.05, 0) is 129 Å². The molecule has 312 valence electrons. The topological polar surface area (TPSA) is 21.3 Å². The summed E-state index contributed by atoms with van der Waals surface area (Å²) in [6, 6.07) is 83.8. The van der Waals surface area contributed by atoms with Crippen molar-refractivity contribution in [1.82, 2.24) is 4.57 Å². The van der Waals surface area contributed by atoms with Crippen LogP contribution in [0.1, 0.15) is 25.0 Å². The van der Waals surface area contributed by atoms with E-state index in [-0.39, 0.29) is 5.41 Å². The van der Waals surface area contributed by atoms with Crippen molar-refractivity contribution < 1.29 is 4.42 Å². The van der Waals surface area contributed by atoms with Gasteiger partial charge in [-0.2, -0.15) is 0 Å². The van der Waals surface area contributed by atoms with Gasteiger partial charge in [0, 0.05) is 49.6 Å². The van der Waals surface area contributed by atoms with Crippen LogP contribution in [0.4, 0.5) is 17.1 Å². The number of rotatable bonds is 7. The predicted octanol–water partition coefficient (Wildman–Crippen LogP) is 17.5. The fourth-order valence-electron chi connectivity index (χ4n) is 10.8. The summed E-state index contributed by atoms with van der Waals surface area (Å²) in [4.78, 5) is 2.45. The van der Waals surface area contributed by atoms with Gasteiger partial charge in [-0.1, -0.05) is 166 Å². The molecule has 12 aromatic rings. The Labute approximate surface area is 384 Å². The number of hydrogen-bond donors (Lipinski definition) is 0. The van der Waals surface area contributed by atoms with E-state index in [0.717, 1.165) is 50.1 Å². The van der Waals surface area contributed by atoms with E-state index in [1.807, 2.05) is 0 Å². The summed E-state index contributed by atoms with van der Waals surface area (Å²) in [5, 5.41) is 4.75. The minimum Gasteiger partial charge on any atom is -0.456 e. The zero-order chi connectivity index (χ0) is 43.9. The van der Waals surface area contributed by atoms with Crippen LogP contribution in [-0.4, -0.2) is 4.57 Å². The molecule has 0 unspecified atom stereocenters. The van der Waals surface area contributed by atoms with Crippen molar-refractivity contribution in [3.63, 3.8) is 0 Å². The molecule has 3 heteroatoms. The van der Waals surface area contributed by atoms with E-state index in [2.05, 4.69) is 254 Å². The quantitative estimate of drug-likeness (QED) is 0.159. The number of anilines is 3. The van der Waals surface area contributed by atoms with Crippen molar-refractivity contribution in [2.24, 2.45) is 0 Å². The zero-order valence-corrected chi connectivity index (χ0v) is 36.7. The van der Waals surface area contributed by atoms with Gasteiger partial charge in [0.05, 0.1) is 16.7 Å². The molecule has 0 bridgehead atoms. The first kappa shape index (κ1) is 38.1. The summed E-state index contributed by atoms with van der Waals surface area (Å²) >= 11 is 0. The Morgan fingerprint density at radius 1 is 0.394 bits per heavy atom. The first-order chi connectivity index (χ1) is 32.5. The Bertz CT molecular complexity index is 3820. The fourth-order valence-corrected chi connectivity index (χ4v) is 10.8. The van der Waals surface area contributed by atoms with E-state index in [1.165, 1.54) is 72.0 Å². The molecule has 0 N–H and O–H groups in total. The second kappa shape index (κ2) is 14.8. The number of para-hydroxylation sites is 2. The van der Waals surface area contributed by atoms with Crippen molar-refractivity contribution in [3.8, 4) is 50.2 Å². The normalized spacial score (nSPS) is 12.8. The third-order valence-electron chi connectivity index (χ3n) is 14.0. The standard InChI is InChI=1S/C63H44N2O/c1-63(2)54-22-11-9-19-50(54)62-55(63)23-14-26-58(62)64(47-33-27-42(28-34-47)45-32-38-60-53(40-45)52-39-44(31-37-59(52)66-60)41-15-5-3-6-16-41)48-35-29-43(30-36-48)49-21-13-25-57-61(49)51-20-10-12-24-56(51)65(57)46-17-7-4-8-18-46/h3-40H,1-2H3. The minimum absolute atomic E-state index is 0.128. The van der Waals surface area contributed by atoms with E-state index in [0.29, 0.717) is 0 Å². The van der Waals surface area contributed by atoms with E-state index in [1.54, 1.807) is 0 Å². The molecule has 0 aliphatic heterocycles. The summed E-state index contributed by atoms with van der Waals surface area (Å²) in [6.45, 7) is 4.71. The highest BCUT2D eigenvalue weighted by molar-refractivity contribution is 6.16. The molecule has 0 radical (unpaired) electrons. The maximum Gasteiger partial charge on any atom is 0.135 e. The molecule has 13 rings (SSSR count). The van der Waals surface area contributed by atoms with Crippen LogP contribution in [0.25, 0.3) is 93.9 Å². The Hall–Kier alpha value is -8.40. The summed E-state index contributed by atoms with van der Waals surface area (Å²) in [5.41, 5.74) is 20.9. The number of benzene rings is 10. The molecule has 1 aliphatic rings. The van der Waals surface area contributed by atoms with E-state index in [9.17, 15) is 0 Å². The van der Waals surface area contributed by atoms with Crippen LogP contribution >= 0.6 is 0 Å². The SMILES string of the molecule is CC1(C)c2ccccc2-c2c(N(c3ccc(-c4ccc5oc6ccc(-c7ccccc7)cc6c5c4)cc3)c3ccc(-c4cccc5c4c4ccccc4n5-c4ccccc4)cc3)cccc21. The second-order valence-corrected chi connectivity index (χ2v) is 18.1. The van der Waals surface area contributed by atoms with E-state index in [4.69, 9.17) is 4.42 Å². The van der Waals surface area contributed by atoms with Gasteiger partial charge in [0.1, 0.15) is 11.2 Å². The molecule has 2 heterocycles. The highest BCUT2D eigenvalue weighted by atomic mass is 16.3. The third-order valence-corrected chi connectivity index (χ3v) is 14.0. The van der Waals surface area contributed by atoms with Gasteiger partial charge in [0.15, 0.2) is 0 Å². The molecule has 0 saturated heterocycles. The highest BCUT2D eigenvalue weighted by Crippen LogP contribution is 2.54. The number of aromatic nitrogens is 1. The molecule has 0 saturated carbocycles. The van der Waals surface area contributed by atoms with E-state index >= 15 is 0 Å². The van der Waals surface area contributed by atoms with Crippen molar-refractivity contribution >= 4 is 60.8 Å². The van der Waals surface area contributed by atoms with Crippen molar-refractivity contribution in [1.29, 1.82) is 0 Å². The number of nitrogens with zero attached hydrogens (tertiary/aromatic N) is 2. The van der Waals surface area contributed by atoms with Gasteiger partial charge >= 0.3 is 0 Å². The van der Waals surface area contributed by atoms with E-state index < -0.39 is 0 Å². The largest absolute Gasteiger partial charge is 0.456 e. The van der Waals surface area contributed by atoms with Gasteiger partial charge in [-0.3, -0.25) is 0 Å². The average molecular weight is 845 g/mol. The Morgan fingerprint density at radius 2 is 0.924 bits per heavy atom. The van der Waals surface area contributed by atoms with Crippen LogP contribution in [0.15, 0.2) is 235 Å². The average Bonchev–Trinajstić information content (AvgIpc) is 4.00. The van der Waals surface area contributed by atoms with Crippen LogP contribution in [0, 0.1) is 0 Å². The summed E-state index contributed by atoms with van der Waals surface area (Å²) in [6.07, 6.45) is 0. The lowest BCUT2D eigenvalue weighted by molar-refractivity contribution is 0.660. The lowest BCUT2D eigenvalue weighted by atomic mass is 9.82. The van der Waals surface area contributed by atoms with Gasteiger partial charge in [-0.15, -0.1) is 0 Å². The zero-order valence-electron chi connectivity index (χ0n) is 36.7. The van der Waals surface area contributed by atoms with Gasteiger partial charge in [-0.25, -0.2) is 0 Å². The van der Waals surface area contributed by atoms with Crippen LogP contribution in [0.2, 0.25) is 0 Å². The molecule has 3 nitrogen and oxygen atoms in total. The maximum absolute atomic E-state index is 6.35. The molecule has 0 spiro atoms. The first-order valence-electron chi connectivity index (χ1n) is 22.8. The van der Waals surface area contributed by atoms with Crippen molar-refractivity contribution in [2.75, 3.05) is 4.90 Å². The Morgan fingerprint density at radius 3 is 1.64 bits per heavy atom. The van der Waals surface area contributed by atoms with Gasteiger partial charge < -0.3 is 13.9 Å². The smallest absolute Gasteiger partial charge is 0.135 e. The maximum atomic E-state index is 6.35. The Kier molecular flexibility index (Phi) is 8.56. The number of fused-ring (bicyclic) bond motifs is 9. The van der Waals surface area contributed by atoms with Crippen molar-refractivity contribution in [3.05, 3.63) is 242 Å². The molecular weight excluding hydrogens is 801 g/mol. The lowest BCUT2D eigenvalue weighted by Gasteiger charge is -2.29. The summed E-state index contributed by atoms with van der Waals surface area (Å²) in [7, 11) is 0. The fraction of sp³-hybridized carbons (Fsp3) is 0.0476. The first-order valence-corrected chi connectivity index (χ1v) is 22.8. The molecule has 0 atom stereocenters. The van der Waals surface area contributed by atoms with Crippen LogP contribution in [0.5, 0.6) is 0 Å². The molecule has 2 aromatic heterocycles.